The summed E-state index contributed by atoms with van der Waals surface area (Å²) in [5.74, 6) is 0.437. The van der Waals surface area contributed by atoms with Crippen molar-refractivity contribution >= 4 is 23.9 Å². The Balaban J connectivity index is 1.97. The molecule has 3 aromatic rings. The van der Waals surface area contributed by atoms with E-state index in [1.165, 1.54) is 0 Å². The Labute approximate surface area is 164 Å². The normalized spacial score (nSPS) is 12.1. The molecular weight excluding hydrogens is 350 g/mol. The summed E-state index contributed by atoms with van der Waals surface area (Å²) in [6.07, 6.45) is 6.15. The van der Waals surface area contributed by atoms with E-state index in [-0.39, 0.29) is 17.6 Å². The maximum atomic E-state index is 12.3. The third kappa shape index (κ3) is 4.82. The monoisotopic (exact) mass is 373 g/mol. The number of nitrogens with one attached hydrogen (secondary N) is 1. The lowest BCUT2D eigenvalue weighted by Crippen LogP contribution is -2.21. The quantitative estimate of drug-likeness (QED) is 0.637. The van der Waals surface area contributed by atoms with Crippen molar-refractivity contribution in [3.05, 3.63) is 72.1 Å². The molecule has 1 aromatic heterocycles. The molecule has 28 heavy (non-hydrogen) atoms. The SMILES string of the molecule is CCC(C)C(=O)Nc1ncc(-c2ccc(O)cc2)nc1/C=C/c1ccccc1. The number of amides is 1. The first-order chi connectivity index (χ1) is 13.6. The van der Waals surface area contributed by atoms with Crippen molar-refractivity contribution < 1.29 is 9.90 Å². The van der Waals surface area contributed by atoms with Crippen LogP contribution in [-0.4, -0.2) is 21.0 Å². The first-order valence-electron chi connectivity index (χ1n) is 9.27. The molecule has 2 aromatic carbocycles. The van der Waals surface area contributed by atoms with E-state index in [1.54, 1.807) is 30.5 Å². The Bertz CT molecular complexity index is 967. The van der Waals surface area contributed by atoms with Crippen LogP contribution in [-0.2, 0) is 4.79 Å². The Morgan fingerprint density at radius 3 is 2.50 bits per heavy atom. The van der Waals surface area contributed by atoms with Crippen molar-refractivity contribution in [1.29, 1.82) is 0 Å². The van der Waals surface area contributed by atoms with Crippen molar-refractivity contribution in [2.45, 2.75) is 20.3 Å². The molecule has 1 heterocycles. The predicted molar refractivity (Wildman–Crippen MR) is 113 cm³/mol. The largest absolute Gasteiger partial charge is 0.508 e. The van der Waals surface area contributed by atoms with Gasteiger partial charge in [0.25, 0.3) is 0 Å². The number of carbonyl (C=O) groups excluding carboxylic acids is 1. The van der Waals surface area contributed by atoms with E-state index < -0.39 is 0 Å². The lowest BCUT2D eigenvalue weighted by Gasteiger charge is -2.12. The van der Waals surface area contributed by atoms with Gasteiger partial charge in [-0.15, -0.1) is 0 Å². The summed E-state index contributed by atoms with van der Waals surface area (Å²) < 4.78 is 0. The van der Waals surface area contributed by atoms with Crippen LogP contribution in [0, 0.1) is 5.92 Å². The molecular formula is C23H23N3O2. The molecule has 0 saturated heterocycles. The van der Waals surface area contributed by atoms with Gasteiger partial charge in [-0.2, -0.15) is 0 Å². The number of carbonyl (C=O) groups is 1. The molecule has 3 rings (SSSR count). The summed E-state index contributed by atoms with van der Waals surface area (Å²) >= 11 is 0. The second kappa shape index (κ2) is 8.95. The minimum atomic E-state index is -0.107. The minimum Gasteiger partial charge on any atom is -0.508 e. The highest BCUT2D eigenvalue weighted by Crippen LogP contribution is 2.23. The Hall–Kier alpha value is -3.47. The molecule has 5 heteroatoms. The number of phenolic OH excluding ortho intramolecular Hbond substituents is 1. The second-order valence-electron chi connectivity index (χ2n) is 6.58. The molecule has 0 aliphatic rings. The third-order valence-corrected chi connectivity index (χ3v) is 4.50. The van der Waals surface area contributed by atoms with Crippen molar-refractivity contribution in [3.63, 3.8) is 0 Å². The molecule has 142 valence electrons. The Morgan fingerprint density at radius 1 is 1.11 bits per heavy atom. The van der Waals surface area contributed by atoms with Gasteiger partial charge in [-0.3, -0.25) is 4.79 Å². The number of benzene rings is 2. The van der Waals surface area contributed by atoms with E-state index in [4.69, 9.17) is 0 Å². The highest BCUT2D eigenvalue weighted by molar-refractivity contribution is 5.93. The standard InChI is InChI=1S/C23H23N3O2/c1-3-16(2)23(28)26-22-20(14-9-17-7-5-4-6-8-17)25-21(15-24-22)18-10-12-19(27)13-11-18/h4-16,27H,3H2,1-2H3,(H,24,26,28)/b14-9+. The van der Waals surface area contributed by atoms with Crippen LogP contribution in [0.4, 0.5) is 5.82 Å². The summed E-state index contributed by atoms with van der Waals surface area (Å²) in [6, 6.07) is 16.6. The number of phenols is 1. The average Bonchev–Trinajstić information content (AvgIpc) is 2.73. The Morgan fingerprint density at radius 2 is 1.82 bits per heavy atom. The van der Waals surface area contributed by atoms with Crippen LogP contribution in [0.5, 0.6) is 5.75 Å². The van der Waals surface area contributed by atoms with Crippen LogP contribution in [0.3, 0.4) is 0 Å². The van der Waals surface area contributed by atoms with Crippen LogP contribution in [0.1, 0.15) is 31.5 Å². The molecule has 5 nitrogen and oxygen atoms in total. The van der Waals surface area contributed by atoms with Gasteiger partial charge in [0.2, 0.25) is 5.91 Å². The molecule has 0 aliphatic carbocycles. The first kappa shape index (κ1) is 19.3. The van der Waals surface area contributed by atoms with Crippen LogP contribution < -0.4 is 5.32 Å². The number of hydrogen-bond acceptors (Lipinski definition) is 4. The number of anilines is 1. The van der Waals surface area contributed by atoms with E-state index in [0.717, 1.165) is 17.5 Å². The number of nitrogens with zero attached hydrogens (tertiary/aromatic N) is 2. The molecule has 1 atom stereocenters. The predicted octanol–water partition coefficient (Wildman–Crippen LogP) is 5.00. The summed E-state index contributed by atoms with van der Waals surface area (Å²) in [5, 5.41) is 12.4. The zero-order chi connectivity index (χ0) is 19.9. The molecule has 1 unspecified atom stereocenters. The van der Waals surface area contributed by atoms with Crippen LogP contribution in [0.2, 0.25) is 0 Å². The number of aromatic nitrogens is 2. The number of hydrogen-bond donors (Lipinski definition) is 2. The van der Waals surface area contributed by atoms with Crippen molar-refractivity contribution in [2.24, 2.45) is 5.92 Å². The molecule has 0 bridgehead atoms. The average molecular weight is 373 g/mol. The van der Waals surface area contributed by atoms with Gasteiger partial charge in [-0.25, -0.2) is 9.97 Å². The summed E-state index contributed by atoms with van der Waals surface area (Å²) in [4.78, 5) is 21.5. The van der Waals surface area contributed by atoms with E-state index >= 15 is 0 Å². The number of rotatable bonds is 6. The molecule has 0 radical (unpaired) electrons. The Kier molecular flexibility index (Phi) is 6.17. The maximum absolute atomic E-state index is 12.3. The van der Waals surface area contributed by atoms with Gasteiger partial charge in [0.15, 0.2) is 5.82 Å². The molecule has 0 saturated carbocycles. The lowest BCUT2D eigenvalue weighted by atomic mass is 10.1. The first-order valence-corrected chi connectivity index (χ1v) is 9.27. The zero-order valence-electron chi connectivity index (χ0n) is 16.0. The molecule has 2 N–H and O–H groups in total. The van der Waals surface area contributed by atoms with E-state index in [0.29, 0.717) is 17.2 Å². The fourth-order valence-electron chi connectivity index (χ4n) is 2.55. The van der Waals surface area contributed by atoms with Gasteiger partial charge in [0, 0.05) is 11.5 Å². The van der Waals surface area contributed by atoms with E-state index in [2.05, 4.69) is 15.3 Å². The van der Waals surface area contributed by atoms with Gasteiger partial charge < -0.3 is 10.4 Å². The van der Waals surface area contributed by atoms with Crippen LogP contribution in [0.15, 0.2) is 60.8 Å². The molecule has 1 amide bonds. The zero-order valence-corrected chi connectivity index (χ0v) is 16.0. The van der Waals surface area contributed by atoms with Crippen molar-refractivity contribution in [3.8, 4) is 17.0 Å². The number of aromatic hydroxyl groups is 1. The van der Waals surface area contributed by atoms with E-state index in [9.17, 15) is 9.90 Å². The van der Waals surface area contributed by atoms with Gasteiger partial charge in [0.1, 0.15) is 11.4 Å². The fraction of sp³-hybridized carbons (Fsp3) is 0.174. The fourth-order valence-corrected chi connectivity index (χ4v) is 2.55. The maximum Gasteiger partial charge on any atom is 0.228 e. The van der Waals surface area contributed by atoms with Crippen LogP contribution in [0.25, 0.3) is 23.4 Å². The lowest BCUT2D eigenvalue weighted by molar-refractivity contribution is -0.119. The minimum absolute atomic E-state index is 0.0801. The summed E-state index contributed by atoms with van der Waals surface area (Å²) in [6.45, 7) is 3.85. The summed E-state index contributed by atoms with van der Waals surface area (Å²) in [5.41, 5.74) is 3.10. The third-order valence-electron chi connectivity index (χ3n) is 4.50. The highest BCUT2D eigenvalue weighted by Gasteiger charge is 2.14. The topological polar surface area (TPSA) is 75.1 Å². The van der Waals surface area contributed by atoms with Gasteiger partial charge in [-0.1, -0.05) is 50.3 Å². The van der Waals surface area contributed by atoms with Gasteiger partial charge in [-0.05, 0) is 42.3 Å². The van der Waals surface area contributed by atoms with E-state index in [1.807, 2.05) is 56.3 Å². The summed E-state index contributed by atoms with van der Waals surface area (Å²) in [7, 11) is 0. The second-order valence-corrected chi connectivity index (χ2v) is 6.58. The van der Waals surface area contributed by atoms with Crippen molar-refractivity contribution in [2.75, 3.05) is 5.32 Å². The van der Waals surface area contributed by atoms with Gasteiger partial charge >= 0.3 is 0 Å². The van der Waals surface area contributed by atoms with Gasteiger partial charge in [0.05, 0.1) is 11.9 Å². The van der Waals surface area contributed by atoms with Crippen LogP contribution >= 0.6 is 0 Å². The highest BCUT2D eigenvalue weighted by atomic mass is 16.3. The molecule has 0 fully saturated rings. The molecule has 0 spiro atoms. The smallest absolute Gasteiger partial charge is 0.228 e. The van der Waals surface area contributed by atoms with Crippen molar-refractivity contribution in [1.82, 2.24) is 9.97 Å². The molecule has 0 aliphatic heterocycles.